The van der Waals surface area contributed by atoms with Crippen molar-refractivity contribution in [1.82, 2.24) is 9.71 Å². The number of benzene rings is 1. The predicted octanol–water partition coefficient (Wildman–Crippen LogP) is 2.38. The van der Waals surface area contributed by atoms with Crippen LogP contribution in [0.25, 0.3) is 0 Å². The molecule has 0 radical (unpaired) electrons. The van der Waals surface area contributed by atoms with Crippen molar-refractivity contribution in [2.24, 2.45) is 4.99 Å². The number of aromatic nitrogens is 1. The summed E-state index contributed by atoms with van der Waals surface area (Å²) in [6.07, 6.45) is 3.85. The van der Waals surface area contributed by atoms with Crippen LogP contribution in [-0.2, 0) is 14.8 Å². The van der Waals surface area contributed by atoms with Crippen LogP contribution in [0, 0.1) is 0 Å². The molecule has 0 saturated carbocycles. The van der Waals surface area contributed by atoms with Crippen molar-refractivity contribution < 1.29 is 13.2 Å². The average Bonchev–Trinajstić information content (AvgIpc) is 3.18. The zero-order valence-electron chi connectivity index (χ0n) is 13.6. The third kappa shape index (κ3) is 3.88. The SMILES string of the molecule is CCCCC(N=C1NS(=O)(=O)c2ccccc21)C(=O)Nc1nccs1. The van der Waals surface area contributed by atoms with Crippen molar-refractivity contribution in [3.8, 4) is 0 Å². The van der Waals surface area contributed by atoms with Gasteiger partial charge in [-0.2, -0.15) is 0 Å². The molecule has 1 atom stereocenters. The second kappa shape index (κ2) is 7.32. The molecular weight excluding hydrogens is 360 g/mol. The summed E-state index contributed by atoms with van der Waals surface area (Å²) in [4.78, 5) is 21.2. The fraction of sp³-hybridized carbons (Fsp3) is 0.312. The van der Waals surface area contributed by atoms with Gasteiger partial charge < -0.3 is 5.32 Å². The molecular formula is C16H18N4O3S2. The van der Waals surface area contributed by atoms with Crippen molar-refractivity contribution in [3.63, 3.8) is 0 Å². The van der Waals surface area contributed by atoms with Gasteiger partial charge in [-0.25, -0.2) is 13.4 Å². The molecule has 9 heteroatoms. The number of fused-ring (bicyclic) bond motifs is 1. The number of sulfonamides is 1. The first-order chi connectivity index (χ1) is 12.0. The van der Waals surface area contributed by atoms with Gasteiger partial charge in [-0.05, 0) is 18.6 Å². The van der Waals surface area contributed by atoms with Gasteiger partial charge in [0.25, 0.3) is 15.9 Å². The van der Waals surface area contributed by atoms with Crippen LogP contribution in [-0.4, -0.2) is 31.2 Å². The topological polar surface area (TPSA) is 101 Å². The first-order valence-electron chi connectivity index (χ1n) is 7.91. The van der Waals surface area contributed by atoms with Crippen LogP contribution in [0.5, 0.6) is 0 Å². The molecule has 1 aliphatic heterocycles. The van der Waals surface area contributed by atoms with Gasteiger partial charge in [-0.15, -0.1) is 11.3 Å². The monoisotopic (exact) mass is 378 g/mol. The number of hydrogen-bond donors (Lipinski definition) is 2. The third-order valence-corrected chi connectivity index (χ3v) is 5.83. The molecule has 0 fully saturated rings. The fourth-order valence-electron chi connectivity index (χ4n) is 2.51. The van der Waals surface area contributed by atoms with Gasteiger partial charge in [0.15, 0.2) is 5.13 Å². The minimum Gasteiger partial charge on any atom is -0.300 e. The first-order valence-corrected chi connectivity index (χ1v) is 10.3. The molecule has 1 aliphatic rings. The molecule has 0 aliphatic carbocycles. The Bertz CT molecular complexity index is 892. The van der Waals surface area contributed by atoms with Crippen LogP contribution in [0.3, 0.4) is 0 Å². The van der Waals surface area contributed by atoms with Crippen molar-refractivity contribution in [3.05, 3.63) is 41.4 Å². The predicted molar refractivity (Wildman–Crippen MR) is 97.4 cm³/mol. The van der Waals surface area contributed by atoms with Crippen LogP contribution in [0.4, 0.5) is 5.13 Å². The Morgan fingerprint density at radius 3 is 2.92 bits per heavy atom. The van der Waals surface area contributed by atoms with Crippen LogP contribution in [0.2, 0.25) is 0 Å². The maximum Gasteiger partial charge on any atom is 0.263 e. The Morgan fingerprint density at radius 2 is 2.20 bits per heavy atom. The Hall–Kier alpha value is -2.26. The average molecular weight is 378 g/mol. The molecule has 132 valence electrons. The number of nitrogens with zero attached hydrogens (tertiary/aromatic N) is 2. The molecule has 2 aromatic rings. The molecule has 0 bridgehead atoms. The lowest BCUT2D eigenvalue weighted by Gasteiger charge is -2.12. The highest BCUT2D eigenvalue weighted by Crippen LogP contribution is 2.23. The molecule has 1 aromatic heterocycles. The van der Waals surface area contributed by atoms with Crippen molar-refractivity contribution in [2.45, 2.75) is 37.1 Å². The summed E-state index contributed by atoms with van der Waals surface area (Å²) in [5.74, 6) is -0.0783. The van der Waals surface area contributed by atoms with Gasteiger partial charge in [0, 0.05) is 17.1 Å². The van der Waals surface area contributed by atoms with E-state index in [9.17, 15) is 13.2 Å². The lowest BCUT2D eigenvalue weighted by atomic mass is 10.1. The molecule has 7 nitrogen and oxygen atoms in total. The highest BCUT2D eigenvalue weighted by molar-refractivity contribution is 7.90. The van der Waals surface area contributed by atoms with E-state index >= 15 is 0 Å². The number of carbonyl (C=O) groups excluding carboxylic acids is 1. The summed E-state index contributed by atoms with van der Waals surface area (Å²) in [7, 11) is -3.62. The number of aliphatic imine (C=N–C) groups is 1. The zero-order valence-corrected chi connectivity index (χ0v) is 15.2. The highest BCUT2D eigenvalue weighted by Gasteiger charge is 2.31. The van der Waals surface area contributed by atoms with Gasteiger partial charge in [0.05, 0.1) is 4.90 Å². The summed E-state index contributed by atoms with van der Waals surface area (Å²) in [5, 5.41) is 5.00. The van der Waals surface area contributed by atoms with Crippen molar-refractivity contribution >= 4 is 38.2 Å². The van der Waals surface area contributed by atoms with Gasteiger partial charge in [-0.1, -0.05) is 31.9 Å². The molecule has 25 heavy (non-hydrogen) atoms. The largest absolute Gasteiger partial charge is 0.300 e. The van der Waals surface area contributed by atoms with E-state index in [1.54, 1.807) is 29.8 Å². The van der Waals surface area contributed by atoms with Gasteiger partial charge in [0.1, 0.15) is 11.9 Å². The highest BCUT2D eigenvalue weighted by atomic mass is 32.2. The van der Waals surface area contributed by atoms with Gasteiger partial charge in [0.2, 0.25) is 0 Å². The maximum absolute atomic E-state index is 12.5. The van der Waals surface area contributed by atoms with E-state index < -0.39 is 16.1 Å². The minimum absolute atomic E-state index is 0.184. The zero-order chi connectivity index (χ0) is 17.9. The lowest BCUT2D eigenvalue weighted by molar-refractivity contribution is -0.117. The van der Waals surface area contributed by atoms with Crippen molar-refractivity contribution in [2.75, 3.05) is 5.32 Å². The van der Waals surface area contributed by atoms with E-state index in [1.165, 1.54) is 17.4 Å². The van der Waals surface area contributed by atoms with Crippen LogP contribution in [0.15, 0.2) is 45.7 Å². The van der Waals surface area contributed by atoms with Crippen molar-refractivity contribution in [1.29, 1.82) is 0 Å². The first kappa shape index (κ1) is 17.6. The molecule has 1 unspecified atom stereocenters. The Kier molecular flexibility index (Phi) is 5.14. The van der Waals surface area contributed by atoms with Crippen LogP contribution in [0.1, 0.15) is 31.7 Å². The van der Waals surface area contributed by atoms with E-state index in [4.69, 9.17) is 0 Å². The van der Waals surface area contributed by atoms with Crippen LogP contribution >= 0.6 is 11.3 Å². The molecule has 1 aromatic carbocycles. The molecule has 1 amide bonds. The number of anilines is 1. The number of thiazole rings is 1. The number of rotatable bonds is 6. The minimum atomic E-state index is -3.62. The molecule has 2 N–H and O–H groups in total. The van der Waals surface area contributed by atoms with E-state index in [1.807, 2.05) is 6.92 Å². The van der Waals surface area contributed by atoms with Gasteiger partial charge >= 0.3 is 0 Å². The van der Waals surface area contributed by atoms with E-state index in [2.05, 4.69) is 20.0 Å². The van der Waals surface area contributed by atoms with Gasteiger partial charge in [-0.3, -0.25) is 14.5 Å². The maximum atomic E-state index is 12.5. The summed E-state index contributed by atoms with van der Waals surface area (Å²) >= 11 is 1.32. The lowest BCUT2D eigenvalue weighted by Crippen LogP contribution is -2.30. The molecule has 0 spiro atoms. The normalized spacial score (nSPS) is 17.7. The third-order valence-electron chi connectivity index (χ3n) is 3.74. The smallest absolute Gasteiger partial charge is 0.263 e. The Labute approximate surface area is 150 Å². The quantitative estimate of drug-likeness (QED) is 0.806. The second-order valence-electron chi connectivity index (χ2n) is 5.56. The Morgan fingerprint density at radius 1 is 1.40 bits per heavy atom. The molecule has 2 heterocycles. The van der Waals surface area contributed by atoms with E-state index in [-0.39, 0.29) is 16.6 Å². The number of nitrogens with one attached hydrogen (secondary N) is 2. The van der Waals surface area contributed by atoms with E-state index in [0.717, 1.165) is 12.8 Å². The van der Waals surface area contributed by atoms with E-state index in [0.29, 0.717) is 17.1 Å². The number of unbranched alkanes of at least 4 members (excludes halogenated alkanes) is 1. The number of amides is 1. The van der Waals surface area contributed by atoms with Crippen LogP contribution < -0.4 is 10.0 Å². The summed E-state index contributed by atoms with van der Waals surface area (Å²) in [5.41, 5.74) is 0.492. The second-order valence-corrected chi connectivity index (χ2v) is 8.11. The molecule has 0 saturated heterocycles. The fourth-order valence-corrected chi connectivity index (χ4v) is 4.28. The molecule has 3 rings (SSSR count). The number of amidine groups is 1. The number of carbonyl (C=O) groups is 1. The summed E-state index contributed by atoms with van der Waals surface area (Å²) in [6, 6.07) is 5.92. The Balaban J connectivity index is 1.89. The standard InChI is InChI=1S/C16H18N4O3S2/c1-2-3-7-12(15(21)19-16-17-9-10-24-16)18-14-11-6-4-5-8-13(11)25(22,23)20-14/h4-6,8-10,12H,2-3,7H2,1H3,(H,18,20)(H,17,19,21). The summed E-state index contributed by atoms with van der Waals surface area (Å²) < 4.78 is 26.8. The number of hydrogen-bond acceptors (Lipinski definition) is 6. The summed E-state index contributed by atoms with van der Waals surface area (Å²) in [6.45, 7) is 2.02.